The van der Waals surface area contributed by atoms with E-state index in [0.29, 0.717) is 22.5 Å². The van der Waals surface area contributed by atoms with E-state index in [1.807, 2.05) is 6.07 Å². The van der Waals surface area contributed by atoms with Crippen LogP contribution in [-0.2, 0) is 0 Å². The molecule has 0 bridgehead atoms. The van der Waals surface area contributed by atoms with E-state index in [2.05, 4.69) is 28.9 Å². The third kappa shape index (κ3) is 1.52. The minimum Gasteiger partial charge on any atom is -0.461 e. The normalized spacial score (nSPS) is 11.8. The first-order valence-electron chi connectivity index (χ1n) is 6.01. The van der Waals surface area contributed by atoms with Crippen molar-refractivity contribution < 1.29 is 4.42 Å². The van der Waals surface area contributed by atoms with Gasteiger partial charge in [0.1, 0.15) is 4.83 Å². The molecule has 5 nitrogen and oxygen atoms in total. The van der Waals surface area contributed by atoms with E-state index in [4.69, 9.17) is 16.0 Å². The second kappa shape index (κ2) is 4.04. The summed E-state index contributed by atoms with van der Waals surface area (Å²) in [6, 6.07) is 3.62. The lowest BCUT2D eigenvalue weighted by Crippen LogP contribution is -1.93. The van der Waals surface area contributed by atoms with Crippen molar-refractivity contribution in [2.75, 3.05) is 0 Å². The van der Waals surface area contributed by atoms with Crippen molar-refractivity contribution in [2.45, 2.75) is 13.8 Å². The Labute approximate surface area is 122 Å². The van der Waals surface area contributed by atoms with Crippen LogP contribution in [0.15, 0.2) is 22.8 Å². The lowest BCUT2D eigenvalue weighted by atomic mass is 10.2. The van der Waals surface area contributed by atoms with Crippen LogP contribution in [0.1, 0.15) is 10.4 Å². The quantitative estimate of drug-likeness (QED) is 0.501. The second-order valence-corrected chi connectivity index (χ2v) is 6.03. The van der Waals surface area contributed by atoms with Crippen LogP contribution in [0.4, 0.5) is 0 Å². The van der Waals surface area contributed by atoms with Crippen LogP contribution in [0, 0.1) is 13.8 Å². The molecule has 0 N–H and O–H groups in total. The zero-order valence-corrected chi connectivity index (χ0v) is 12.3. The van der Waals surface area contributed by atoms with Gasteiger partial charge in [-0.2, -0.15) is 4.52 Å². The van der Waals surface area contributed by atoms with Crippen LogP contribution < -0.4 is 0 Å². The first kappa shape index (κ1) is 11.9. The van der Waals surface area contributed by atoms with Crippen LogP contribution in [0.5, 0.6) is 0 Å². The molecule has 0 saturated heterocycles. The van der Waals surface area contributed by atoms with E-state index in [1.165, 1.54) is 4.88 Å². The molecule has 0 aliphatic carbocycles. The molecule has 4 heterocycles. The van der Waals surface area contributed by atoms with Gasteiger partial charge in [0.2, 0.25) is 11.1 Å². The van der Waals surface area contributed by atoms with E-state index in [9.17, 15) is 0 Å². The molecule has 0 atom stereocenters. The first-order valence-corrected chi connectivity index (χ1v) is 7.20. The van der Waals surface area contributed by atoms with Crippen molar-refractivity contribution in [3.63, 3.8) is 0 Å². The Hall–Kier alpha value is -1.92. The molecule has 0 unspecified atom stereocenters. The molecule has 4 rings (SSSR count). The average Bonchev–Trinajstić information content (AvgIpc) is 3.10. The highest BCUT2D eigenvalue weighted by Crippen LogP contribution is 2.33. The molecule has 0 aromatic carbocycles. The summed E-state index contributed by atoms with van der Waals surface area (Å²) in [7, 11) is 0. The number of aryl methyl sites for hydroxylation is 2. The second-order valence-electron chi connectivity index (χ2n) is 4.49. The summed E-state index contributed by atoms with van der Waals surface area (Å²) in [5.74, 6) is 1.12. The van der Waals surface area contributed by atoms with E-state index in [-0.39, 0.29) is 0 Å². The maximum absolute atomic E-state index is 6.20. The van der Waals surface area contributed by atoms with E-state index in [1.54, 1.807) is 28.2 Å². The van der Waals surface area contributed by atoms with Crippen molar-refractivity contribution in [2.24, 2.45) is 0 Å². The Morgan fingerprint density at radius 2 is 2.15 bits per heavy atom. The van der Waals surface area contributed by atoms with Crippen LogP contribution >= 0.6 is 22.9 Å². The predicted molar refractivity (Wildman–Crippen MR) is 78.4 cm³/mol. The Morgan fingerprint density at radius 3 is 2.90 bits per heavy atom. The van der Waals surface area contributed by atoms with Gasteiger partial charge in [0, 0.05) is 4.88 Å². The minimum absolute atomic E-state index is 0.305. The van der Waals surface area contributed by atoms with Crippen molar-refractivity contribution in [1.82, 2.24) is 19.6 Å². The summed E-state index contributed by atoms with van der Waals surface area (Å²) in [6.07, 6.45) is 1.59. The summed E-state index contributed by atoms with van der Waals surface area (Å²) < 4.78 is 6.89. The highest BCUT2D eigenvalue weighted by molar-refractivity contribution is 7.18. The molecule has 20 heavy (non-hydrogen) atoms. The first-order chi connectivity index (χ1) is 9.65. The number of halogens is 1. The smallest absolute Gasteiger partial charge is 0.227 e. The molecule has 0 saturated carbocycles. The van der Waals surface area contributed by atoms with Gasteiger partial charge in [-0.05, 0) is 43.1 Å². The number of aromatic nitrogens is 4. The lowest BCUT2D eigenvalue weighted by Gasteiger charge is -1.97. The Bertz CT molecular complexity index is 939. The Balaban J connectivity index is 2.15. The van der Waals surface area contributed by atoms with Crippen LogP contribution in [0.2, 0.25) is 5.28 Å². The number of furan rings is 1. The van der Waals surface area contributed by atoms with Gasteiger partial charge >= 0.3 is 0 Å². The van der Waals surface area contributed by atoms with Gasteiger partial charge in [-0.15, -0.1) is 16.4 Å². The molecule has 0 aliphatic rings. The molecule has 4 aromatic rings. The third-order valence-corrected chi connectivity index (χ3v) is 4.65. The SMILES string of the molecule is Cc1sc2nc(Cl)n3nc(-c4ccco4)nc3c2c1C. The monoisotopic (exact) mass is 304 g/mol. The standard InChI is InChI=1S/C13H9ClN4OS/c1-6-7(2)20-12-9(6)11-15-10(8-4-3-5-19-8)17-18(11)13(14)16-12/h3-5H,1-2H3. The molecule has 0 spiro atoms. The highest BCUT2D eigenvalue weighted by atomic mass is 35.5. The number of thiophene rings is 1. The van der Waals surface area contributed by atoms with Crippen LogP contribution in [-0.4, -0.2) is 19.6 Å². The summed E-state index contributed by atoms with van der Waals surface area (Å²) >= 11 is 7.81. The van der Waals surface area contributed by atoms with Gasteiger partial charge in [0.15, 0.2) is 11.4 Å². The van der Waals surface area contributed by atoms with Crippen molar-refractivity contribution in [3.05, 3.63) is 34.1 Å². The number of nitrogens with zero attached hydrogens (tertiary/aromatic N) is 4. The van der Waals surface area contributed by atoms with Crippen LogP contribution in [0.25, 0.3) is 27.4 Å². The van der Waals surface area contributed by atoms with Crippen LogP contribution in [0.3, 0.4) is 0 Å². The number of hydrogen-bond donors (Lipinski definition) is 0. The molecule has 0 fully saturated rings. The fourth-order valence-corrected chi connectivity index (χ4v) is 3.47. The van der Waals surface area contributed by atoms with Gasteiger partial charge in [-0.3, -0.25) is 0 Å². The Kier molecular flexibility index (Phi) is 2.40. The van der Waals surface area contributed by atoms with Crippen molar-refractivity contribution in [3.8, 4) is 11.6 Å². The zero-order valence-electron chi connectivity index (χ0n) is 10.7. The molecule has 100 valence electrons. The summed E-state index contributed by atoms with van der Waals surface area (Å²) in [6.45, 7) is 4.13. The zero-order chi connectivity index (χ0) is 13.9. The summed E-state index contributed by atoms with van der Waals surface area (Å²) in [5.41, 5.74) is 1.88. The lowest BCUT2D eigenvalue weighted by molar-refractivity contribution is 0.577. The molecule has 0 aliphatic heterocycles. The molecule has 0 amide bonds. The fourth-order valence-electron chi connectivity index (χ4n) is 2.19. The maximum atomic E-state index is 6.20. The van der Waals surface area contributed by atoms with Crippen molar-refractivity contribution >= 4 is 38.8 Å². The van der Waals surface area contributed by atoms with E-state index in [0.717, 1.165) is 15.8 Å². The topological polar surface area (TPSA) is 56.2 Å². The number of rotatable bonds is 1. The van der Waals surface area contributed by atoms with Crippen molar-refractivity contribution in [1.29, 1.82) is 0 Å². The number of hydrogen-bond acceptors (Lipinski definition) is 5. The van der Waals surface area contributed by atoms with E-state index >= 15 is 0 Å². The average molecular weight is 305 g/mol. The molecular formula is C13H9ClN4OS. The number of fused-ring (bicyclic) bond motifs is 3. The fraction of sp³-hybridized carbons (Fsp3) is 0.154. The van der Waals surface area contributed by atoms with Gasteiger partial charge in [0.05, 0.1) is 11.6 Å². The minimum atomic E-state index is 0.305. The third-order valence-electron chi connectivity index (χ3n) is 3.31. The Morgan fingerprint density at radius 1 is 1.30 bits per heavy atom. The largest absolute Gasteiger partial charge is 0.461 e. The molecule has 4 aromatic heterocycles. The summed E-state index contributed by atoms with van der Waals surface area (Å²) in [4.78, 5) is 11.0. The molecular weight excluding hydrogens is 296 g/mol. The summed E-state index contributed by atoms with van der Waals surface area (Å²) in [5, 5.41) is 5.68. The highest BCUT2D eigenvalue weighted by Gasteiger charge is 2.18. The van der Waals surface area contributed by atoms with Gasteiger partial charge in [0.25, 0.3) is 0 Å². The predicted octanol–water partition coefficient (Wildman–Crippen LogP) is 3.87. The maximum Gasteiger partial charge on any atom is 0.227 e. The molecule has 7 heteroatoms. The molecule has 0 radical (unpaired) electrons. The van der Waals surface area contributed by atoms with Gasteiger partial charge < -0.3 is 4.42 Å². The van der Waals surface area contributed by atoms with Gasteiger partial charge in [-0.25, -0.2) is 9.97 Å². The van der Waals surface area contributed by atoms with E-state index < -0.39 is 0 Å². The van der Waals surface area contributed by atoms with Gasteiger partial charge in [-0.1, -0.05) is 0 Å².